The maximum atomic E-state index is 10.1. The third-order valence-electron chi connectivity index (χ3n) is 3.85. The fraction of sp³-hybridized carbons (Fsp3) is 1.00. The predicted molar refractivity (Wildman–Crippen MR) is 65.9 cm³/mol. The van der Waals surface area contributed by atoms with Crippen LogP contribution < -0.4 is 10.6 Å². The van der Waals surface area contributed by atoms with Gasteiger partial charge < -0.3 is 20.8 Å². The van der Waals surface area contributed by atoms with Crippen LogP contribution in [-0.2, 0) is 0 Å². The largest absolute Gasteiger partial charge is 0.393 e. The first-order chi connectivity index (χ1) is 7.10. The Bertz CT molecular complexity index is 216. The standard InChI is InChI=1S/C11H22N2O2.ClH/c1-8(11(15)6-12-7-11)13-9-2-4-10(14)5-3-9;/h8-10,12-15H,2-7H2,1H3;1H/t8?,9-,10-;. The molecule has 0 bridgehead atoms. The van der Waals surface area contributed by atoms with Crippen molar-refractivity contribution in [3.05, 3.63) is 0 Å². The Morgan fingerprint density at radius 3 is 2.25 bits per heavy atom. The molecule has 1 heterocycles. The molecule has 0 aromatic heterocycles. The van der Waals surface area contributed by atoms with E-state index >= 15 is 0 Å². The number of β-amino-alcohol motifs (C(OH)–C–C–N with tert-alkyl or cyclic N) is 1. The van der Waals surface area contributed by atoms with Crippen molar-refractivity contribution in [2.75, 3.05) is 13.1 Å². The summed E-state index contributed by atoms with van der Waals surface area (Å²) in [6.07, 6.45) is 3.72. The Morgan fingerprint density at radius 2 is 1.81 bits per heavy atom. The van der Waals surface area contributed by atoms with Gasteiger partial charge in [0.25, 0.3) is 0 Å². The van der Waals surface area contributed by atoms with Gasteiger partial charge in [0.15, 0.2) is 0 Å². The van der Waals surface area contributed by atoms with Gasteiger partial charge in [0.1, 0.15) is 5.60 Å². The number of rotatable bonds is 3. The van der Waals surface area contributed by atoms with Crippen molar-refractivity contribution < 1.29 is 10.2 Å². The lowest BCUT2D eigenvalue weighted by Crippen LogP contribution is -2.69. The van der Waals surface area contributed by atoms with E-state index in [1.165, 1.54) is 0 Å². The molecule has 2 aliphatic rings. The summed E-state index contributed by atoms with van der Waals surface area (Å²) in [5.74, 6) is 0. The van der Waals surface area contributed by atoms with Crippen LogP contribution in [-0.4, -0.2) is 47.1 Å². The average molecular weight is 251 g/mol. The molecule has 96 valence electrons. The first-order valence-electron chi connectivity index (χ1n) is 5.97. The SMILES string of the molecule is CC(N[C@H]1CC[C@H](O)CC1)C1(O)CNC1.Cl. The predicted octanol–water partition coefficient (Wildman–Crippen LogP) is 0.0241. The first-order valence-corrected chi connectivity index (χ1v) is 5.97. The highest BCUT2D eigenvalue weighted by molar-refractivity contribution is 5.85. The number of aliphatic hydroxyl groups is 2. The minimum absolute atomic E-state index is 0. The van der Waals surface area contributed by atoms with Gasteiger partial charge in [0.2, 0.25) is 0 Å². The minimum atomic E-state index is -0.559. The van der Waals surface area contributed by atoms with Crippen molar-refractivity contribution in [1.82, 2.24) is 10.6 Å². The van der Waals surface area contributed by atoms with Crippen LogP contribution in [0.1, 0.15) is 32.6 Å². The highest BCUT2D eigenvalue weighted by Crippen LogP contribution is 2.22. The van der Waals surface area contributed by atoms with Gasteiger partial charge in [-0.05, 0) is 32.6 Å². The maximum Gasteiger partial charge on any atom is 0.104 e. The fourth-order valence-corrected chi connectivity index (χ4v) is 2.44. The second kappa shape index (κ2) is 5.65. The molecule has 1 saturated carbocycles. The third-order valence-corrected chi connectivity index (χ3v) is 3.85. The summed E-state index contributed by atoms with van der Waals surface area (Å²) in [5.41, 5.74) is -0.559. The Kier molecular flexibility index (Phi) is 5.01. The van der Waals surface area contributed by atoms with Gasteiger partial charge in [-0.3, -0.25) is 0 Å². The summed E-state index contributed by atoms with van der Waals surface area (Å²) in [5, 5.41) is 26.1. The zero-order chi connectivity index (χ0) is 10.9. The molecular weight excluding hydrogens is 228 g/mol. The molecule has 2 fully saturated rings. The highest BCUT2D eigenvalue weighted by atomic mass is 35.5. The lowest BCUT2D eigenvalue weighted by Gasteiger charge is -2.44. The lowest BCUT2D eigenvalue weighted by molar-refractivity contribution is -0.0428. The minimum Gasteiger partial charge on any atom is -0.393 e. The lowest BCUT2D eigenvalue weighted by atomic mass is 9.86. The quantitative estimate of drug-likeness (QED) is 0.571. The maximum absolute atomic E-state index is 10.1. The molecule has 0 aromatic rings. The van der Waals surface area contributed by atoms with Gasteiger partial charge in [-0.2, -0.15) is 0 Å². The molecular formula is C11H23ClN2O2. The molecule has 2 rings (SSSR count). The molecule has 5 heteroatoms. The molecule has 16 heavy (non-hydrogen) atoms. The van der Waals surface area contributed by atoms with Crippen LogP contribution in [0.25, 0.3) is 0 Å². The number of aliphatic hydroxyl groups excluding tert-OH is 1. The van der Waals surface area contributed by atoms with Gasteiger partial charge in [0.05, 0.1) is 6.10 Å². The van der Waals surface area contributed by atoms with E-state index in [2.05, 4.69) is 10.6 Å². The van der Waals surface area contributed by atoms with Crippen molar-refractivity contribution in [3.63, 3.8) is 0 Å². The van der Waals surface area contributed by atoms with Gasteiger partial charge in [-0.25, -0.2) is 0 Å². The van der Waals surface area contributed by atoms with Crippen molar-refractivity contribution in [3.8, 4) is 0 Å². The number of nitrogens with one attached hydrogen (secondary N) is 2. The Morgan fingerprint density at radius 1 is 1.25 bits per heavy atom. The van der Waals surface area contributed by atoms with Crippen LogP contribution in [0.3, 0.4) is 0 Å². The summed E-state index contributed by atoms with van der Waals surface area (Å²) in [6.45, 7) is 3.43. The molecule has 4 nitrogen and oxygen atoms in total. The summed E-state index contributed by atoms with van der Waals surface area (Å²) in [4.78, 5) is 0. The first kappa shape index (κ1) is 14.2. The van der Waals surface area contributed by atoms with Crippen LogP contribution in [0.5, 0.6) is 0 Å². The van der Waals surface area contributed by atoms with Gasteiger partial charge in [-0.15, -0.1) is 12.4 Å². The van der Waals surface area contributed by atoms with Crippen LogP contribution in [0.2, 0.25) is 0 Å². The number of hydrogen-bond acceptors (Lipinski definition) is 4. The van der Waals surface area contributed by atoms with E-state index < -0.39 is 5.60 Å². The number of hydrogen-bond donors (Lipinski definition) is 4. The summed E-state index contributed by atoms with van der Waals surface area (Å²) < 4.78 is 0. The second-order valence-corrected chi connectivity index (χ2v) is 5.10. The van der Waals surface area contributed by atoms with E-state index in [0.29, 0.717) is 19.1 Å². The van der Waals surface area contributed by atoms with Crippen LogP contribution >= 0.6 is 12.4 Å². The Labute approximate surface area is 103 Å². The van der Waals surface area contributed by atoms with Crippen molar-refractivity contribution >= 4 is 12.4 Å². The van der Waals surface area contributed by atoms with E-state index in [9.17, 15) is 10.2 Å². The Hall–Kier alpha value is 0.130. The number of halogens is 1. The van der Waals surface area contributed by atoms with Crippen molar-refractivity contribution in [2.45, 2.75) is 56.4 Å². The van der Waals surface area contributed by atoms with Gasteiger partial charge >= 0.3 is 0 Å². The van der Waals surface area contributed by atoms with Crippen LogP contribution in [0.15, 0.2) is 0 Å². The topological polar surface area (TPSA) is 64.5 Å². The average Bonchev–Trinajstić information content (AvgIpc) is 2.18. The van der Waals surface area contributed by atoms with E-state index in [1.54, 1.807) is 0 Å². The highest BCUT2D eigenvalue weighted by Gasteiger charge is 2.40. The molecule has 1 unspecified atom stereocenters. The van der Waals surface area contributed by atoms with Gasteiger partial charge in [-0.1, -0.05) is 0 Å². The summed E-state index contributed by atoms with van der Waals surface area (Å²) >= 11 is 0. The van der Waals surface area contributed by atoms with E-state index in [0.717, 1.165) is 25.7 Å². The molecule has 1 aliphatic carbocycles. The third kappa shape index (κ3) is 3.08. The van der Waals surface area contributed by atoms with E-state index in [1.807, 2.05) is 6.92 Å². The fourth-order valence-electron chi connectivity index (χ4n) is 2.44. The smallest absolute Gasteiger partial charge is 0.104 e. The molecule has 4 N–H and O–H groups in total. The van der Waals surface area contributed by atoms with Crippen molar-refractivity contribution in [1.29, 1.82) is 0 Å². The van der Waals surface area contributed by atoms with Crippen molar-refractivity contribution in [2.24, 2.45) is 0 Å². The van der Waals surface area contributed by atoms with E-state index in [4.69, 9.17) is 0 Å². The molecule has 0 radical (unpaired) electrons. The van der Waals surface area contributed by atoms with Gasteiger partial charge in [0, 0.05) is 25.2 Å². The van der Waals surface area contributed by atoms with Crippen LogP contribution in [0, 0.1) is 0 Å². The Balaban J connectivity index is 0.00000128. The summed E-state index contributed by atoms with van der Waals surface area (Å²) in [6, 6.07) is 0.604. The monoisotopic (exact) mass is 250 g/mol. The molecule has 0 spiro atoms. The zero-order valence-corrected chi connectivity index (χ0v) is 10.6. The molecule has 0 amide bonds. The molecule has 1 atom stereocenters. The summed E-state index contributed by atoms with van der Waals surface area (Å²) in [7, 11) is 0. The molecule has 0 aromatic carbocycles. The van der Waals surface area contributed by atoms with E-state index in [-0.39, 0.29) is 24.6 Å². The second-order valence-electron chi connectivity index (χ2n) is 5.10. The van der Waals surface area contributed by atoms with Crippen LogP contribution in [0.4, 0.5) is 0 Å². The zero-order valence-electron chi connectivity index (χ0n) is 9.78. The molecule has 1 saturated heterocycles. The normalized spacial score (nSPS) is 34.7. The molecule has 1 aliphatic heterocycles.